The molecule has 604 valence electrons. The number of phenolic OH excluding ortho intramolecular Hbond substituents is 4. The molecule has 0 spiro atoms. The number of hydrogen-bond acceptors (Lipinski definition) is 16. The van der Waals surface area contributed by atoms with Gasteiger partial charge in [0.25, 0.3) is 0 Å². The van der Waals surface area contributed by atoms with Crippen molar-refractivity contribution in [3.05, 3.63) is 115 Å². The summed E-state index contributed by atoms with van der Waals surface area (Å²) in [7, 11) is -7.47. The Morgan fingerprint density at radius 2 is 0.471 bits per heavy atom. The first kappa shape index (κ1) is 112. The quantitative estimate of drug-likeness (QED) is 0.0366. The molecule has 0 saturated carbocycles. The summed E-state index contributed by atoms with van der Waals surface area (Å²) in [5.74, 6) is 1.19. The molecule has 0 aliphatic rings. The summed E-state index contributed by atoms with van der Waals surface area (Å²) in [6.45, 7) is 72.2. The molecule has 16 N–H and O–H groups in total. The van der Waals surface area contributed by atoms with Crippen molar-refractivity contribution in [2.45, 2.75) is 354 Å². The van der Waals surface area contributed by atoms with Crippen molar-refractivity contribution in [2.24, 2.45) is 0 Å². The fraction of sp³-hybridized carbons (Fsp3) is 0.707. The van der Waals surface area contributed by atoms with Crippen LogP contribution in [0.4, 0.5) is 0 Å². The number of benzene rings is 4. The summed E-state index contributed by atoms with van der Waals surface area (Å²) in [4.78, 5) is 45.9. The van der Waals surface area contributed by atoms with Crippen molar-refractivity contribution in [1.29, 1.82) is 0 Å². The van der Waals surface area contributed by atoms with Gasteiger partial charge in [0.15, 0.2) is 0 Å². The summed E-state index contributed by atoms with van der Waals surface area (Å²) in [6.07, 6.45) is 0.355. The first-order valence-electron chi connectivity index (χ1n) is 36.5. The Kier molecular flexibility index (Phi) is 50.6. The first-order chi connectivity index (χ1) is 44.7. The van der Waals surface area contributed by atoms with Crippen LogP contribution in [0.15, 0.2) is 48.5 Å². The van der Waals surface area contributed by atoms with Gasteiger partial charge in [-0.1, -0.05) is 215 Å². The van der Waals surface area contributed by atoms with E-state index < -0.39 is 17.6 Å². The maximum Gasteiger partial charge on any atom is 0.495 e. The van der Waals surface area contributed by atoms with E-state index in [1.54, 1.807) is 69.2 Å². The van der Waals surface area contributed by atoms with Crippen LogP contribution >= 0.6 is 0 Å². The minimum Gasteiger partial charge on any atom is -0.507 e. The molecule has 18 nitrogen and oxygen atoms in total. The van der Waals surface area contributed by atoms with Crippen LogP contribution in [0.1, 0.15) is 315 Å². The molecular weight excluding hydrogens is 1420 g/mol. The van der Waals surface area contributed by atoms with Gasteiger partial charge in [0.1, 0.15) is 23.0 Å². The van der Waals surface area contributed by atoms with E-state index in [4.69, 9.17) is 29.3 Å². The predicted octanol–water partition coefficient (Wildman–Crippen LogP) is 15.2. The summed E-state index contributed by atoms with van der Waals surface area (Å²) in [6, 6.07) is 17.2. The Morgan fingerprint density at radius 3 is 0.596 bits per heavy atom. The minimum atomic E-state index is -3.74. The molecule has 0 aromatic heterocycles. The normalized spacial score (nSPS) is 12.5. The number of aromatic hydroxyl groups is 4. The average Bonchev–Trinajstić information content (AvgIpc) is 0.796. The average molecular weight is 1580 g/mol. The van der Waals surface area contributed by atoms with Gasteiger partial charge in [-0.25, -0.2) is 0 Å². The van der Waals surface area contributed by atoms with Gasteiger partial charge in [-0.05, 0) is 183 Å². The molecule has 0 aliphatic carbocycles. The molecule has 0 unspecified atom stereocenters. The molecule has 0 heterocycles. The summed E-state index contributed by atoms with van der Waals surface area (Å²) in [5.41, 5.74) is 10.2. The van der Waals surface area contributed by atoms with Crippen molar-refractivity contribution in [2.75, 3.05) is 26.3 Å². The van der Waals surface area contributed by atoms with E-state index in [1.165, 1.54) is 0 Å². The van der Waals surface area contributed by atoms with Crippen LogP contribution in [0.2, 0.25) is 12.1 Å². The Labute approximate surface area is 665 Å². The van der Waals surface area contributed by atoms with Crippen molar-refractivity contribution in [3.8, 4) is 23.0 Å². The Bertz CT molecular complexity index is 2650. The maximum atomic E-state index is 11.5. The molecule has 0 saturated heterocycles. The van der Waals surface area contributed by atoms with Gasteiger partial charge in [-0.15, -0.1) is 0 Å². The molecular formula is C82H154N2O16Si2Ti2. The van der Waals surface area contributed by atoms with Crippen LogP contribution in [0.25, 0.3) is 0 Å². The minimum absolute atomic E-state index is 0. The van der Waals surface area contributed by atoms with Crippen LogP contribution < -0.4 is 0 Å². The molecule has 4 aromatic carbocycles. The zero-order valence-corrected chi connectivity index (χ0v) is 76.6. The second kappa shape index (κ2) is 46.9. The predicted molar refractivity (Wildman–Crippen MR) is 429 cm³/mol. The maximum absolute atomic E-state index is 11.5. The molecule has 0 radical (unpaired) electrons. The second-order valence-electron chi connectivity index (χ2n) is 36.5. The van der Waals surface area contributed by atoms with Crippen molar-refractivity contribution in [3.63, 3.8) is 0 Å². The van der Waals surface area contributed by atoms with E-state index in [0.29, 0.717) is 75.1 Å². The Morgan fingerprint density at radius 1 is 0.317 bits per heavy atom. The molecule has 4 rings (SSSR count). The summed E-state index contributed by atoms with van der Waals surface area (Å²) >= 11 is 0. The van der Waals surface area contributed by atoms with Gasteiger partial charge in [-0.3, -0.25) is 9.80 Å². The molecule has 0 fully saturated rings. The van der Waals surface area contributed by atoms with Gasteiger partial charge < -0.3 is 79.8 Å². The molecule has 0 atom stereocenters. The number of nitrogens with zero attached hydrogens (tertiary/aromatic N) is 2. The van der Waals surface area contributed by atoms with Crippen LogP contribution in [0.3, 0.4) is 0 Å². The molecule has 0 amide bonds. The van der Waals surface area contributed by atoms with E-state index in [0.717, 1.165) is 66.8 Å². The van der Waals surface area contributed by atoms with E-state index in [1.807, 2.05) is 0 Å². The third-order valence-corrected chi connectivity index (χ3v) is 19.2. The molecule has 104 heavy (non-hydrogen) atoms. The molecule has 22 heteroatoms. The summed E-state index contributed by atoms with van der Waals surface area (Å²) in [5, 5.41) is 78.4. The van der Waals surface area contributed by atoms with Crippen molar-refractivity contribution in [1.82, 2.24) is 9.80 Å². The van der Waals surface area contributed by atoms with Crippen molar-refractivity contribution < 1.29 is 123 Å². The third kappa shape index (κ3) is 44.3. The number of aliphatic hydroxyl groups is 4. The zero-order valence-electron chi connectivity index (χ0n) is 71.5. The fourth-order valence-electron chi connectivity index (χ4n) is 10.3. The third-order valence-electron chi connectivity index (χ3n) is 15.7. The number of hydrogen-bond donors (Lipinski definition) is 12. The van der Waals surface area contributed by atoms with Crippen LogP contribution in [-0.4, -0.2) is 149 Å². The van der Waals surface area contributed by atoms with Gasteiger partial charge in [-0.2, -0.15) is 0 Å². The van der Waals surface area contributed by atoms with E-state index in [2.05, 4.69) is 225 Å². The number of phenols is 4. The number of rotatable bonds is 20. The number of aliphatic hydroxyl groups excluding tert-OH is 4. The summed E-state index contributed by atoms with van der Waals surface area (Å²) < 4.78 is 10.5. The zero-order chi connectivity index (χ0) is 79.3. The van der Waals surface area contributed by atoms with Crippen LogP contribution in [0.5, 0.6) is 23.0 Å². The molecule has 0 aliphatic heterocycles. The van der Waals surface area contributed by atoms with Crippen molar-refractivity contribution >= 4 is 17.6 Å². The standard InChI is InChI=1S/2C35H59NO5Si.4C3H8O.2H2O.2Ti/c2*1-14-41-42(39,40)17-15-16-36(22-24-18-26(32(2,3)4)20-28(30(24)37)34(8,9)10)23-25-19-27(33(5,6)7)21-29(31(25)38)35(11,12)13;4*1-3(2)4;;;;/h2*18-21,37-40H,14-17,22-23H2,1-13H3;4*3-4H,1-2H3;2*1H2;;. The van der Waals surface area contributed by atoms with E-state index in [-0.39, 0.29) is 147 Å². The van der Waals surface area contributed by atoms with Gasteiger partial charge in [0.05, 0.1) is 0 Å². The smallest absolute Gasteiger partial charge is 0.495 e. The molecule has 0 bridgehead atoms. The SMILES string of the molecule is CC(C)O.CC(C)O.CC(C)O.CC(C)O.CCO[Si](O)(O)CCCN(Cc1cc(C(C)(C)C)cc(C(C)(C)C)c1O)Cc1cc(C(C)(C)C)cc(C(C)(C)C)c1O.CCO[Si](O)(O)CCCN(Cc1cc(C(C)(C)C)cc(C(C)(C)C)c1O)Cc1cc(C(C)(C)C)cc(C(C)(C)C)c1O.O.O.[Ti].[Ti]. The topological polar surface area (TPSA) is 331 Å². The largest absolute Gasteiger partial charge is 0.507 e. The van der Waals surface area contributed by atoms with E-state index >= 15 is 0 Å². The Hall–Kier alpha value is -2.62. The van der Waals surface area contributed by atoms with Gasteiger partial charge in [0, 0.05) is 142 Å². The van der Waals surface area contributed by atoms with Crippen LogP contribution in [-0.2, 0) is 122 Å². The monoisotopic (exact) mass is 1570 g/mol. The van der Waals surface area contributed by atoms with Crippen LogP contribution in [0, 0.1) is 0 Å². The second-order valence-corrected chi connectivity index (χ2v) is 41.0. The molecule has 4 aromatic rings. The Balaban J connectivity index is -0.000000369. The fourth-order valence-corrected chi connectivity index (χ4v) is 12.8. The van der Waals surface area contributed by atoms with Gasteiger partial charge >= 0.3 is 17.6 Å². The van der Waals surface area contributed by atoms with E-state index in [9.17, 15) is 39.6 Å². The first-order valence-corrected chi connectivity index (χ1v) is 40.5. The van der Waals surface area contributed by atoms with Gasteiger partial charge in [0.2, 0.25) is 0 Å².